The fourth-order valence-electron chi connectivity index (χ4n) is 11.0. The van der Waals surface area contributed by atoms with Crippen molar-refractivity contribution >= 4 is 59.8 Å². The fraction of sp³-hybridized carbons (Fsp3) is 0.649. The maximum Gasteiger partial charge on any atom is 0.488 e. The van der Waals surface area contributed by atoms with Crippen molar-refractivity contribution in [2.24, 2.45) is 17.6 Å². The summed E-state index contributed by atoms with van der Waals surface area (Å²) < 4.78 is 6.03. The molecule has 3 aliphatic heterocycles. The first-order chi connectivity index (χ1) is 40.2. The second-order valence-electron chi connectivity index (χ2n) is 22.9. The van der Waals surface area contributed by atoms with Gasteiger partial charge in [-0.3, -0.25) is 38.4 Å². The van der Waals surface area contributed by atoms with Crippen molar-refractivity contribution in [1.82, 2.24) is 36.4 Å². The number of unbranched alkanes of at least 4 members (excludes halogenated alkanes) is 5. The zero-order chi connectivity index (χ0) is 62.8. The topological polar surface area (TPSA) is 441 Å². The van der Waals surface area contributed by atoms with Gasteiger partial charge >= 0.3 is 7.12 Å². The number of hydrogen-bond acceptors (Lipinski definition) is 19. The number of amides is 8. The number of nitrogens with zero attached hydrogens (tertiary/aromatic N) is 2. The first-order valence-corrected chi connectivity index (χ1v) is 29.2. The molecule has 2 aromatic rings. The summed E-state index contributed by atoms with van der Waals surface area (Å²) in [5.41, 5.74) is 5.34. The van der Waals surface area contributed by atoms with E-state index in [2.05, 4.69) is 47.4 Å². The van der Waals surface area contributed by atoms with E-state index in [1.807, 2.05) is 0 Å². The molecule has 0 radical (unpaired) electrons. The Bertz CT molecular complexity index is 2570. The molecule has 16 atom stereocenters. The molecule has 85 heavy (non-hydrogen) atoms. The van der Waals surface area contributed by atoms with Gasteiger partial charge in [0.1, 0.15) is 60.3 Å². The van der Waals surface area contributed by atoms with Crippen molar-refractivity contribution in [3.05, 3.63) is 59.7 Å². The second kappa shape index (κ2) is 33.0. The van der Waals surface area contributed by atoms with E-state index in [0.717, 1.165) is 74.6 Å². The molecule has 0 spiro atoms. The van der Waals surface area contributed by atoms with Crippen LogP contribution in [0, 0.1) is 11.8 Å². The number of rotatable bonds is 24. The highest BCUT2D eigenvalue weighted by molar-refractivity contribution is 6.59. The highest BCUT2D eigenvalue weighted by Gasteiger charge is 2.49. The summed E-state index contributed by atoms with van der Waals surface area (Å²) in [7, 11) is -2.04. The van der Waals surface area contributed by atoms with Crippen LogP contribution in [0.15, 0.2) is 48.5 Å². The molecule has 27 nitrogen and oxygen atoms in total. The maximum absolute atomic E-state index is 14.8. The molecule has 2 aromatic carbocycles. The summed E-state index contributed by atoms with van der Waals surface area (Å²) in [4.78, 5) is 115. The van der Waals surface area contributed by atoms with Gasteiger partial charge in [0.25, 0.3) is 0 Å². The fourth-order valence-corrected chi connectivity index (χ4v) is 11.0. The molecule has 0 aliphatic carbocycles. The lowest BCUT2D eigenvalue weighted by Gasteiger charge is -2.34. The number of phenols is 1. The molecule has 5 rings (SSSR count). The Labute approximate surface area is 494 Å². The number of ether oxygens (including phenoxy) is 1. The molecule has 472 valence electrons. The molecule has 0 aromatic heterocycles. The average Bonchev–Trinajstić information content (AvgIpc) is 4.32. The van der Waals surface area contributed by atoms with Crippen molar-refractivity contribution < 1.29 is 94.0 Å². The predicted octanol–water partition coefficient (Wildman–Crippen LogP) is -3.44. The number of aliphatic hydroxyl groups excluding tert-OH is 7. The van der Waals surface area contributed by atoms with Crippen LogP contribution in [0.25, 0.3) is 0 Å². The van der Waals surface area contributed by atoms with Gasteiger partial charge in [0.15, 0.2) is 6.23 Å². The van der Waals surface area contributed by atoms with E-state index in [1.165, 1.54) is 30.7 Å². The van der Waals surface area contributed by atoms with Crippen LogP contribution in [0.2, 0.25) is 0 Å². The normalized spacial score (nSPS) is 26.9. The number of carbonyl (C=O) groups is 8. The summed E-state index contributed by atoms with van der Waals surface area (Å²) in [6.07, 6.45) is -10.3. The summed E-state index contributed by atoms with van der Waals surface area (Å²) in [6, 6.07) is -1.86. The smallest absolute Gasteiger partial charge is 0.488 e. The van der Waals surface area contributed by atoms with Crippen LogP contribution in [0.1, 0.15) is 135 Å². The average molecular weight is 1200 g/mol. The largest absolute Gasteiger partial charge is 0.508 e. The Morgan fingerprint density at radius 2 is 1.36 bits per heavy atom. The van der Waals surface area contributed by atoms with Gasteiger partial charge in [0.2, 0.25) is 47.3 Å². The van der Waals surface area contributed by atoms with Crippen LogP contribution >= 0.6 is 0 Å². The Hall–Kier alpha value is -6.34. The minimum absolute atomic E-state index is 0.0593. The molecular weight excluding hydrogens is 1110 g/mol. The number of hydrogen-bond donors (Lipinski definition) is 16. The number of aliphatic hydroxyl groups is 7. The van der Waals surface area contributed by atoms with Crippen LogP contribution in [0.4, 0.5) is 0 Å². The third-order valence-corrected chi connectivity index (χ3v) is 16.0. The molecule has 3 aliphatic rings. The highest BCUT2D eigenvalue weighted by atomic mass is 16.5. The number of nitrogens with one attached hydrogen (secondary N) is 5. The number of fused-ring (bicyclic) bond motifs is 2. The minimum atomic E-state index is -2.39. The molecule has 28 heteroatoms. The SMILES string of the molecule is CC[C@H](C)C[C@H](C)CCCCCCCCC(=O)N[C@H]1C[C@@H](O)C(OCc2ccccc2B(O)O)NC(=O)[C@@H]2[C@@H](O)CCN2C(=O)[C@H]([C@H](O)CC(N)=O)NC(=O)[C@H]([C@H](O)[C@@H](O)c2ccc(O)cc2)NC(=O)[C@@H]2C[C@@H](O)CN2C(=O)[C@H]([C@@H](C)O)NC1=O. The van der Waals surface area contributed by atoms with Gasteiger partial charge in [-0.2, -0.15) is 0 Å². The van der Waals surface area contributed by atoms with Crippen molar-refractivity contribution in [3.8, 4) is 5.75 Å². The molecular formula is C57H87BN8O19. The lowest BCUT2D eigenvalue weighted by Crippen LogP contribution is -2.64. The van der Waals surface area contributed by atoms with E-state index in [0.29, 0.717) is 29.6 Å². The predicted molar refractivity (Wildman–Crippen MR) is 304 cm³/mol. The van der Waals surface area contributed by atoms with E-state index in [4.69, 9.17) is 10.5 Å². The molecule has 17 N–H and O–H groups in total. The summed E-state index contributed by atoms with van der Waals surface area (Å²) >= 11 is 0. The van der Waals surface area contributed by atoms with E-state index in [-0.39, 0.29) is 35.2 Å². The monoisotopic (exact) mass is 1200 g/mol. The number of primary amides is 1. The van der Waals surface area contributed by atoms with Gasteiger partial charge in [-0.1, -0.05) is 102 Å². The molecule has 8 amide bonds. The van der Waals surface area contributed by atoms with Crippen LogP contribution in [0.5, 0.6) is 5.75 Å². The molecule has 3 saturated heterocycles. The maximum atomic E-state index is 14.8. The quantitative estimate of drug-likeness (QED) is 0.0359. The van der Waals surface area contributed by atoms with E-state index in [9.17, 15) is 89.3 Å². The highest BCUT2D eigenvalue weighted by Crippen LogP contribution is 2.27. The van der Waals surface area contributed by atoms with Gasteiger partial charge in [0, 0.05) is 32.4 Å². The van der Waals surface area contributed by atoms with Gasteiger partial charge in [-0.25, -0.2) is 0 Å². The molecule has 3 heterocycles. The number of benzene rings is 2. The van der Waals surface area contributed by atoms with E-state index >= 15 is 0 Å². The van der Waals surface area contributed by atoms with E-state index < -0.39 is 179 Å². The Morgan fingerprint density at radius 1 is 0.741 bits per heavy atom. The Morgan fingerprint density at radius 3 is 2.01 bits per heavy atom. The van der Waals surface area contributed by atoms with Gasteiger partial charge in [0.05, 0.1) is 37.4 Å². The standard InChI is InChI=1S/C57H87BN8O19/c1-5-30(2)24-31(3)14-10-8-6-7-9-11-17-44(74)60-38-26-42(72)55(85-29-34-15-12-13-16-37(34)58(83)84)64-54(80)48-40(70)22-23-65(48)57(82)46(41(71)27-43(59)73)62-53(79)47(50(76)49(75)33-18-20-35(68)21-19-33)63-52(78)39-25-36(69)28-66(39)56(81)45(32(4)67)61-51(38)77/h12-13,15-16,18-21,30-32,36,38-42,45-50,55,67-72,75-76,83-84H,5-11,14,17,22-29H2,1-4H3,(H2,59,73)(H,60,74)(H,61,77)(H,62,79)(H,63,78)(H,64,80)/t30-,31+,32+,36+,38-,39-,40-,41+,42+,45-,46-,47-,48-,49-,50-,55?/m0/s1. The number of aromatic hydroxyl groups is 1. The minimum Gasteiger partial charge on any atom is -0.508 e. The van der Waals surface area contributed by atoms with Crippen molar-refractivity contribution in [3.63, 3.8) is 0 Å². The molecule has 0 bridgehead atoms. The van der Waals surface area contributed by atoms with Crippen LogP contribution in [-0.2, 0) is 49.7 Å². The Balaban J connectivity index is 1.56. The number of phenolic OH excluding ortho intramolecular Hbond substituents is 1. The summed E-state index contributed by atoms with van der Waals surface area (Å²) in [6.45, 7) is 6.10. The van der Waals surface area contributed by atoms with Crippen molar-refractivity contribution in [1.29, 1.82) is 0 Å². The van der Waals surface area contributed by atoms with Gasteiger partial charge in [-0.15, -0.1) is 0 Å². The third-order valence-electron chi connectivity index (χ3n) is 16.0. The summed E-state index contributed by atoms with van der Waals surface area (Å²) in [5, 5.41) is 122. The lowest BCUT2D eigenvalue weighted by molar-refractivity contribution is -0.150. The zero-order valence-electron chi connectivity index (χ0n) is 48.6. The first-order valence-electron chi connectivity index (χ1n) is 29.2. The Kier molecular flexibility index (Phi) is 26.9. The van der Waals surface area contributed by atoms with Crippen molar-refractivity contribution in [2.45, 2.75) is 209 Å². The second-order valence-corrected chi connectivity index (χ2v) is 22.9. The van der Waals surface area contributed by atoms with Gasteiger partial charge in [-0.05, 0) is 66.7 Å². The van der Waals surface area contributed by atoms with Gasteiger partial charge < -0.3 is 97.8 Å². The molecule has 3 fully saturated rings. The zero-order valence-corrected chi connectivity index (χ0v) is 48.6. The third kappa shape index (κ3) is 19.9. The number of nitrogens with two attached hydrogens (primary N) is 1. The lowest BCUT2D eigenvalue weighted by atomic mass is 9.77. The molecule has 0 saturated carbocycles. The van der Waals surface area contributed by atoms with Crippen LogP contribution < -0.4 is 37.8 Å². The van der Waals surface area contributed by atoms with Crippen LogP contribution in [0.3, 0.4) is 0 Å². The van der Waals surface area contributed by atoms with Crippen LogP contribution in [-0.4, -0.2) is 207 Å². The van der Waals surface area contributed by atoms with E-state index in [1.54, 1.807) is 0 Å². The molecule has 1 unspecified atom stereocenters. The first kappa shape index (κ1) is 69.4. The summed E-state index contributed by atoms with van der Waals surface area (Å²) in [5.74, 6) is -8.70. The number of carbonyl (C=O) groups excluding carboxylic acids is 8. The van der Waals surface area contributed by atoms with Crippen molar-refractivity contribution in [2.75, 3.05) is 13.1 Å².